The zero-order valence-electron chi connectivity index (χ0n) is 11.5. The van der Waals surface area contributed by atoms with Crippen LogP contribution in [0.15, 0.2) is 35.2 Å². The number of carbonyl (C=O) groups excluding carboxylic acids is 1. The monoisotopic (exact) mass is 271 g/mol. The molecule has 0 saturated carbocycles. The molecule has 1 aliphatic heterocycles. The number of amides is 1. The van der Waals surface area contributed by atoms with Gasteiger partial charge in [0, 0.05) is 37.8 Å². The van der Waals surface area contributed by atoms with E-state index in [-0.39, 0.29) is 5.91 Å². The Morgan fingerprint density at radius 1 is 1.45 bits per heavy atom. The summed E-state index contributed by atoms with van der Waals surface area (Å²) in [5.74, 6) is 1.11. The summed E-state index contributed by atoms with van der Waals surface area (Å²) in [6, 6.07) is 3.99. The molecule has 0 N–H and O–H groups in total. The van der Waals surface area contributed by atoms with E-state index in [9.17, 15) is 4.79 Å². The molecule has 3 rings (SSSR count). The smallest absolute Gasteiger partial charge is 0.259 e. The van der Waals surface area contributed by atoms with Gasteiger partial charge in [0.2, 0.25) is 0 Å². The van der Waals surface area contributed by atoms with Crippen molar-refractivity contribution in [3.63, 3.8) is 0 Å². The molecule has 0 radical (unpaired) electrons. The molecule has 2 aromatic rings. The van der Waals surface area contributed by atoms with Crippen LogP contribution in [0, 0.1) is 0 Å². The van der Waals surface area contributed by atoms with Gasteiger partial charge in [0.25, 0.3) is 5.91 Å². The fourth-order valence-electron chi connectivity index (χ4n) is 2.49. The second-order valence-electron chi connectivity index (χ2n) is 5.11. The Kier molecular flexibility index (Phi) is 3.50. The molecule has 0 spiro atoms. The maximum absolute atomic E-state index is 12.4. The van der Waals surface area contributed by atoms with Gasteiger partial charge in [0.15, 0.2) is 0 Å². The first-order chi connectivity index (χ1) is 9.79. The van der Waals surface area contributed by atoms with E-state index in [2.05, 4.69) is 23.1 Å². The van der Waals surface area contributed by atoms with Crippen LogP contribution in [0.2, 0.25) is 0 Å². The highest BCUT2D eigenvalue weighted by Gasteiger charge is 2.34. The van der Waals surface area contributed by atoms with Crippen molar-refractivity contribution >= 4 is 5.91 Å². The minimum atomic E-state index is 0.0230. The molecule has 1 aliphatic rings. The van der Waals surface area contributed by atoms with Gasteiger partial charge in [-0.05, 0) is 18.1 Å². The van der Waals surface area contributed by atoms with Crippen molar-refractivity contribution in [1.29, 1.82) is 0 Å². The van der Waals surface area contributed by atoms with Crippen LogP contribution in [0.25, 0.3) is 0 Å². The summed E-state index contributed by atoms with van der Waals surface area (Å²) in [4.78, 5) is 18.3. The van der Waals surface area contributed by atoms with Crippen LogP contribution in [-0.4, -0.2) is 34.0 Å². The number of pyridine rings is 1. The van der Waals surface area contributed by atoms with E-state index in [1.54, 1.807) is 6.20 Å². The molecule has 0 aliphatic carbocycles. The number of hydrogen-bond acceptors (Lipinski definition) is 4. The normalized spacial score (nSPS) is 15.2. The van der Waals surface area contributed by atoms with Crippen molar-refractivity contribution in [3.05, 3.63) is 47.6 Å². The first-order valence-electron chi connectivity index (χ1n) is 6.92. The Morgan fingerprint density at radius 3 is 3.00 bits per heavy atom. The first kappa shape index (κ1) is 12.8. The summed E-state index contributed by atoms with van der Waals surface area (Å²) < 4.78 is 5.15. The quantitative estimate of drug-likeness (QED) is 0.855. The highest BCUT2D eigenvalue weighted by atomic mass is 16.5. The van der Waals surface area contributed by atoms with Gasteiger partial charge in [-0.15, -0.1) is 0 Å². The van der Waals surface area contributed by atoms with Crippen LogP contribution < -0.4 is 0 Å². The molecule has 104 valence electrons. The minimum absolute atomic E-state index is 0.0230. The topological polar surface area (TPSA) is 59.2 Å². The van der Waals surface area contributed by atoms with Crippen LogP contribution in [0.1, 0.15) is 40.9 Å². The van der Waals surface area contributed by atoms with Crippen molar-refractivity contribution < 1.29 is 9.32 Å². The van der Waals surface area contributed by atoms with Crippen molar-refractivity contribution in [3.8, 4) is 0 Å². The van der Waals surface area contributed by atoms with Crippen LogP contribution in [-0.2, 0) is 6.42 Å². The number of aryl methyl sites for hydroxylation is 1. The van der Waals surface area contributed by atoms with Gasteiger partial charge in [-0.3, -0.25) is 9.78 Å². The molecule has 5 heteroatoms. The molecule has 0 aromatic carbocycles. The molecule has 20 heavy (non-hydrogen) atoms. The third-order valence-electron chi connectivity index (χ3n) is 3.68. The van der Waals surface area contributed by atoms with Gasteiger partial charge in [-0.1, -0.05) is 18.1 Å². The average Bonchev–Trinajstić information content (AvgIpc) is 2.87. The zero-order chi connectivity index (χ0) is 13.9. The summed E-state index contributed by atoms with van der Waals surface area (Å²) in [7, 11) is 0. The molecular formula is C15H17N3O2. The van der Waals surface area contributed by atoms with Crippen LogP contribution in [0.3, 0.4) is 0 Å². The number of likely N-dealkylation sites (tertiary alicyclic amines) is 1. The maximum Gasteiger partial charge on any atom is 0.259 e. The lowest BCUT2D eigenvalue weighted by molar-refractivity contribution is 0.0599. The molecule has 3 heterocycles. The highest BCUT2D eigenvalue weighted by Crippen LogP contribution is 2.28. The average molecular weight is 271 g/mol. The van der Waals surface area contributed by atoms with Gasteiger partial charge in [-0.25, -0.2) is 0 Å². The summed E-state index contributed by atoms with van der Waals surface area (Å²) >= 11 is 0. The SMILES string of the molecule is CCCc1oncc1C(=O)N1CC(c2cccnc2)C1. The van der Waals surface area contributed by atoms with Gasteiger partial charge in [-0.2, -0.15) is 0 Å². The summed E-state index contributed by atoms with van der Waals surface area (Å²) in [5.41, 5.74) is 1.80. The third kappa shape index (κ3) is 2.31. The minimum Gasteiger partial charge on any atom is -0.361 e. The van der Waals surface area contributed by atoms with Crippen LogP contribution >= 0.6 is 0 Å². The van der Waals surface area contributed by atoms with Gasteiger partial charge in [0.05, 0.1) is 6.20 Å². The van der Waals surface area contributed by atoms with Crippen LogP contribution in [0.5, 0.6) is 0 Å². The van der Waals surface area contributed by atoms with E-state index in [0.717, 1.165) is 25.9 Å². The Bertz CT molecular complexity index is 588. The molecular weight excluding hydrogens is 254 g/mol. The van der Waals surface area contributed by atoms with Gasteiger partial charge in [0.1, 0.15) is 11.3 Å². The predicted molar refractivity (Wildman–Crippen MR) is 73.4 cm³/mol. The Balaban J connectivity index is 1.65. The van der Waals surface area contributed by atoms with E-state index in [0.29, 0.717) is 17.2 Å². The number of hydrogen-bond donors (Lipinski definition) is 0. The van der Waals surface area contributed by atoms with Crippen molar-refractivity contribution in [2.75, 3.05) is 13.1 Å². The lowest BCUT2D eigenvalue weighted by Crippen LogP contribution is -2.48. The van der Waals surface area contributed by atoms with E-state index in [1.165, 1.54) is 11.8 Å². The largest absolute Gasteiger partial charge is 0.361 e. The van der Waals surface area contributed by atoms with Crippen molar-refractivity contribution in [1.82, 2.24) is 15.0 Å². The number of carbonyl (C=O) groups is 1. The van der Waals surface area contributed by atoms with E-state index >= 15 is 0 Å². The van der Waals surface area contributed by atoms with E-state index < -0.39 is 0 Å². The van der Waals surface area contributed by atoms with Crippen LogP contribution in [0.4, 0.5) is 0 Å². The molecule has 0 bridgehead atoms. The second-order valence-corrected chi connectivity index (χ2v) is 5.11. The second kappa shape index (κ2) is 5.45. The maximum atomic E-state index is 12.4. The Hall–Kier alpha value is -2.17. The number of nitrogens with zero attached hydrogens (tertiary/aromatic N) is 3. The summed E-state index contributed by atoms with van der Waals surface area (Å²) in [6.07, 6.45) is 6.85. The molecule has 5 nitrogen and oxygen atoms in total. The third-order valence-corrected chi connectivity index (χ3v) is 3.68. The molecule has 1 saturated heterocycles. The first-order valence-corrected chi connectivity index (χ1v) is 6.92. The molecule has 1 fully saturated rings. The van der Waals surface area contributed by atoms with Gasteiger partial charge < -0.3 is 9.42 Å². The van der Waals surface area contributed by atoms with Gasteiger partial charge >= 0.3 is 0 Å². The Labute approximate surface area is 117 Å². The van der Waals surface area contributed by atoms with Crippen molar-refractivity contribution in [2.24, 2.45) is 0 Å². The fourth-order valence-corrected chi connectivity index (χ4v) is 2.49. The standard InChI is InChI=1S/C15H17N3O2/c1-2-4-14-13(8-17-20-14)15(19)18-9-12(10-18)11-5-3-6-16-7-11/h3,5-8,12H,2,4,9-10H2,1H3. The highest BCUT2D eigenvalue weighted by molar-refractivity contribution is 5.95. The Morgan fingerprint density at radius 2 is 2.30 bits per heavy atom. The zero-order valence-corrected chi connectivity index (χ0v) is 11.5. The summed E-state index contributed by atoms with van der Waals surface area (Å²) in [5, 5.41) is 3.75. The predicted octanol–water partition coefficient (Wildman–Crippen LogP) is 2.26. The van der Waals surface area contributed by atoms with E-state index in [4.69, 9.17) is 4.52 Å². The lowest BCUT2D eigenvalue weighted by atomic mass is 9.92. The summed E-state index contributed by atoms with van der Waals surface area (Å²) in [6.45, 7) is 3.53. The molecule has 2 aromatic heterocycles. The fraction of sp³-hybridized carbons (Fsp3) is 0.400. The lowest BCUT2D eigenvalue weighted by Gasteiger charge is -2.39. The van der Waals surface area contributed by atoms with E-state index in [1.807, 2.05) is 17.2 Å². The number of rotatable bonds is 4. The molecule has 0 unspecified atom stereocenters. The molecule has 0 atom stereocenters. The molecule has 1 amide bonds. The number of aromatic nitrogens is 2. The van der Waals surface area contributed by atoms with Crippen molar-refractivity contribution in [2.45, 2.75) is 25.7 Å².